The van der Waals surface area contributed by atoms with Gasteiger partial charge in [0.05, 0.1) is 19.3 Å². The predicted octanol–water partition coefficient (Wildman–Crippen LogP) is -2.87. The third-order valence-corrected chi connectivity index (χ3v) is 2.09. The van der Waals surface area contributed by atoms with Gasteiger partial charge in [-0.2, -0.15) is 5.06 Å². The number of aliphatic hydroxyl groups excluding tert-OH is 5. The Bertz CT molecular complexity index is 169. The zero-order valence-corrected chi connectivity index (χ0v) is 8.56. The zero-order chi connectivity index (χ0) is 12.0. The molecule has 0 aromatic carbocycles. The SMILES string of the molecule is CCN(O)CC(O)C(O)C(O)C(O)CO. The van der Waals surface area contributed by atoms with Gasteiger partial charge in [0.25, 0.3) is 0 Å². The van der Waals surface area contributed by atoms with Crippen molar-refractivity contribution in [2.75, 3.05) is 19.7 Å². The van der Waals surface area contributed by atoms with Crippen LogP contribution in [-0.4, -0.2) is 79.9 Å². The quantitative estimate of drug-likeness (QED) is 0.257. The van der Waals surface area contributed by atoms with Crippen LogP contribution in [0, 0.1) is 0 Å². The molecule has 0 aromatic rings. The molecule has 6 N–H and O–H groups in total. The maximum atomic E-state index is 9.33. The summed E-state index contributed by atoms with van der Waals surface area (Å²) in [6.07, 6.45) is -6.22. The van der Waals surface area contributed by atoms with Gasteiger partial charge in [0.2, 0.25) is 0 Å². The summed E-state index contributed by atoms with van der Waals surface area (Å²) in [6.45, 7) is 0.912. The Morgan fingerprint density at radius 2 is 1.47 bits per heavy atom. The van der Waals surface area contributed by atoms with Gasteiger partial charge in [0.1, 0.15) is 18.3 Å². The lowest BCUT2D eigenvalue weighted by molar-refractivity contribution is -0.156. The summed E-state index contributed by atoms with van der Waals surface area (Å²) >= 11 is 0. The van der Waals surface area contributed by atoms with Crippen molar-refractivity contribution in [1.82, 2.24) is 5.06 Å². The normalized spacial score (nSPS) is 20.0. The minimum atomic E-state index is -1.66. The van der Waals surface area contributed by atoms with E-state index in [1.165, 1.54) is 0 Å². The molecule has 4 unspecified atom stereocenters. The number of nitrogens with zero attached hydrogens (tertiary/aromatic N) is 1. The summed E-state index contributed by atoms with van der Waals surface area (Å²) in [5, 5.41) is 55.1. The van der Waals surface area contributed by atoms with Crippen molar-refractivity contribution in [3.05, 3.63) is 0 Å². The fraction of sp³-hybridized carbons (Fsp3) is 1.00. The van der Waals surface area contributed by atoms with Gasteiger partial charge in [-0.15, -0.1) is 0 Å². The largest absolute Gasteiger partial charge is 0.394 e. The molecule has 0 aromatic heterocycles. The molecular weight excluding hydrogens is 206 g/mol. The summed E-state index contributed by atoms with van der Waals surface area (Å²) in [7, 11) is 0. The first kappa shape index (κ1) is 14.7. The Balaban J connectivity index is 4.12. The molecule has 0 saturated heterocycles. The smallest absolute Gasteiger partial charge is 0.111 e. The van der Waals surface area contributed by atoms with E-state index in [1.807, 2.05) is 0 Å². The van der Waals surface area contributed by atoms with Gasteiger partial charge in [0, 0.05) is 6.54 Å². The molecule has 0 aliphatic carbocycles. The van der Waals surface area contributed by atoms with E-state index in [1.54, 1.807) is 6.92 Å². The van der Waals surface area contributed by atoms with E-state index in [4.69, 9.17) is 15.4 Å². The minimum Gasteiger partial charge on any atom is -0.394 e. The Hall–Kier alpha value is -0.280. The average molecular weight is 225 g/mol. The van der Waals surface area contributed by atoms with Gasteiger partial charge in [-0.25, -0.2) is 0 Å². The molecule has 0 fully saturated rings. The molecule has 0 saturated carbocycles. The number of likely N-dealkylation sites (N-methyl/N-ethyl adjacent to an activating group) is 1. The van der Waals surface area contributed by atoms with Crippen LogP contribution in [0.4, 0.5) is 0 Å². The molecule has 0 heterocycles. The van der Waals surface area contributed by atoms with Gasteiger partial charge in [-0.3, -0.25) is 0 Å². The monoisotopic (exact) mass is 225 g/mol. The summed E-state index contributed by atoms with van der Waals surface area (Å²) in [5.41, 5.74) is 0. The highest BCUT2D eigenvalue weighted by atomic mass is 16.5. The van der Waals surface area contributed by atoms with Crippen molar-refractivity contribution >= 4 is 0 Å². The third-order valence-electron chi connectivity index (χ3n) is 2.09. The molecule has 7 nitrogen and oxygen atoms in total. The standard InChI is InChI=1S/C8H19NO6/c1-2-9(15)3-5(11)7(13)8(14)6(12)4-10/h5-8,10-15H,2-4H2,1H3. The molecule has 7 heteroatoms. The van der Waals surface area contributed by atoms with E-state index in [9.17, 15) is 15.3 Å². The minimum absolute atomic E-state index is 0.252. The zero-order valence-electron chi connectivity index (χ0n) is 8.56. The summed E-state index contributed by atoms with van der Waals surface area (Å²) in [4.78, 5) is 0. The van der Waals surface area contributed by atoms with Gasteiger partial charge >= 0.3 is 0 Å². The molecule has 92 valence electrons. The van der Waals surface area contributed by atoms with Crippen LogP contribution >= 0.6 is 0 Å². The van der Waals surface area contributed by atoms with Crippen LogP contribution in [0.15, 0.2) is 0 Å². The first-order chi connectivity index (χ1) is 6.93. The molecule has 0 radical (unpaired) electrons. The van der Waals surface area contributed by atoms with E-state index >= 15 is 0 Å². The fourth-order valence-corrected chi connectivity index (χ4v) is 1.02. The van der Waals surface area contributed by atoms with Crippen molar-refractivity contribution < 1.29 is 30.7 Å². The number of aliphatic hydroxyl groups is 5. The third kappa shape index (κ3) is 4.85. The van der Waals surface area contributed by atoms with Crippen molar-refractivity contribution in [3.63, 3.8) is 0 Å². The first-order valence-electron chi connectivity index (χ1n) is 4.71. The Labute approximate surface area is 87.8 Å². The van der Waals surface area contributed by atoms with Crippen LogP contribution in [-0.2, 0) is 0 Å². The van der Waals surface area contributed by atoms with Crippen LogP contribution in [0.5, 0.6) is 0 Å². The molecule has 15 heavy (non-hydrogen) atoms. The Morgan fingerprint density at radius 3 is 1.87 bits per heavy atom. The van der Waals surface area contributed by atoms with E-state index in [-0.39, 0.29) is 13.1 Å². The number of rotatable bonds is 7. The Morgan fingerprint density at radius 1 is 1.00 bits per heavy atom. The van der Waals surface area contributed by atoms with Crippen LogP contribution in [0.2, 0.25) is 0 Å². The highest BCUT2D eigenvalue weighted by Crippen LogP contribution is 2.05. The highest BCUT2D eigenvalue weighted by Gasteiger charge is 2.30. The summed E-state index contributed by atoms with van der Waals surface area (Å²) in [5.74, 6) is 0. The van der Waals surface area contributed by atoms with Crippen molar-refractivity contribution in [2.45, 2.75) is 31.3 Å². The molecular formula is C8H19NO6. The van der Waals surface area contributed by atoms with Crippen LogP contribution < -0.4 is 0 Å². The van der Waals surface area contributed by atoms with Gasteiger partial charge < -0.3 is 30.7 Å². The van der Waals surface area contributed by atoms with Crippen LogP contribution in [0.25, 0.3) is 0 Å². The molecule has 0 rings (SSSR count). The van der Waals surface area contributed by atoms with Gasteiger partial charge in [-0.05, 0) is 0 Å². The molecule has 0 bridgehead atoms. The predicted molar refractivity (Wildman–Crippen MR) is 50.1 cm³/mol. The fourth-order valence-electron chi connectivity index (χ4n) is 1.02. The molecule has 0 aliphatic heterocycles. The Kier molecular flexibility index (Phi) is 6.94. The topological polar surface area (TPSA) is 125 Å². The summed E-state index contributed by atoms with van der Waals surface area (Å²) < 4.78 is 0. The van der Waals surface area contributed by atoms with E-state index in [0.29, 0.717) is 0 Å². The molecule has 0 aliphatic rings. The van der Waals surface area contributed by atoms with Gasteiger partial charge in [-0.1, -0.05) is 6.92 Å². The van der Waals surface area contributed by atoms with Crippen molar-refractivity contribution in [3.8, 4) is 0 Å². The lowest BCUT2D eigenvalue weighted by atomic mass is 10.0. The van der Waals surface area contributed by atoms with Crippen LogP contribution in [0.1, 0.15) is 6.92 Å². The molecule has 4 atom stereocenters. The lowest BCUT2D eigenvalue weighted by Gasteiger charge is -2.27. The second-order valence-corrected chi connectivity index (χ2v) is 3.30. The number of hydrogen-bond acceptors (Lipinski definition) is 7. The van der Waals surface area contributed by atoms with Gasteiger partial charge in [0.15, 0.2) is 0 Å². The molecule has 0 amide bonds. The first-order valence-corrected chi connectivity index (χ1v) is 4.71. The average Bonchev–Trinajstić information content (AvgIpc) is 2.25. The number of hydrogen-bond donors (Lipinski definition) is 6. The number of hydroxylamine groups is 2. The van der Waals surface area contributed by atoms with E-state index < -0.39 is 31.0 Å². The van der Waals surface area contributed by atoms with E-state index in [2.05, 4.69) is 0 Å². The van der Waals surface area contributed by atoms with Crippen molar-refractivity contribution in [1.29, 1.82) is 0 Å². The maximum absolute atomic E-state index is 9.33. The maximum Gasteiger partial charge on any atom is 0.111 e. The summed E-state index contributed by atoms with van der Waals surface area (Å²) in [6, 6.07) is 0. The van der Waals surface area contributed by atoms with E-state index in [0.717, 1.165) is 5.06 Å². The van der Waals surface area contributed by atoms with Crippen molar-refractivity contribution in [2.24, 2.45) is 0 Å². The van der Waals surface area contributed by atoms with Crippen LogP contribution in [0.3, 0.4) is 0 Å². The second-order valence-electron chi connectivity index (χ2n) is 3.30. The lowest BCUT2D eigenvalue weighted by Crippen LogP contribution is -2.49. The highest BCUT2D eigenvalue weighted by molar-refractivity contribution is 4.81. The molecule has 0 spiro atoms. The second kappa shape index (κ2) is 7.07.